The number of allylic oxidation sites excluding steroid dienone is 2. The average Bonchev–Trinajstić information content (AvgIpc) is 1.61. The molecule has 1 N–H and O–H groups in total. The van der Waals surface area contributed by atoms with Crippen LogP contribution in [0.25, 0.3) is 0 Å². The molecule has 0 fully saturated rings. The molecule has 0 aromatic rings. The van der Waals surface area contributed by atoms with Crippen LogP contribution in [0.3, 0.4) is 0 Å². The first-order valence-electron chi connectivity index (χ1n) is 2.49. The Balaban J connectivity index is 3.26. The van der Waals surface area contributed by atoms with E-state index in [0.29, 0.717) is 5.71 Å². The fourth-order valence-electron chi connectivity index (χ4n) is 0.295. The highest BCUT2D eigenvalue weighted by Gasteiger charge is 1.70. The van der Waals surface area contributed by atoms with Gasteiger partial charge in [0.2, 0.25) is 0 Å². The molecule has 1 nitrogen and oxygen atoms in total. The van der Waals surface area contributed by atoms with E-state index >= 15 is 0 Å². The van der Waals surface area contributed by atoms with Crippen molar-refractivity contribution < 1.29 is 0 Å². The minimum atomic E-state index is 0.627. The van der Waals surface area contributed by atoms with E-state index in [1.807, 2.05) is 6.08 Å². The van der Waals surface area contributed by atoms with Crippen LogP contribution in [0.4, 0.5) is 0 Å². The predicted octanol–water partition coefficient (Wildman–Crippen LogP) is 1.99. The van der Waals surface area contributed by atoms with E-state index in [0.717, 1.165) is 6.42 Å². The maximum Gasteiger partial charge on any atom is 0.0279 e. The van der Waals surface area contributed by atoms with Gasteiger partial charge in [0.05, 0.1) is 0 Å². The Kier molecular flexibility index (Phi) is 3.29. The minimum absolute atomic E-state index is 0.627. The standard InChI is InChI=1S/C6H11N/c1-3-4-5-6(2)7/h4-5,7H,3H2,1-2H3/b5-4+,7-6?. The lowest BCUT2D eigenvalue weighted by Crippen LogP contribution is -1.75. The van der Waals surface area contributed by atoms with Crippen LogP contribution in [0.5, 0.6) is 0 Å². The normalized spacial score (nSPS) is 10.0. The van der Waals surface area contributed by atoms with E-state index in [1.54, 1.807) is 13.0 Å². The molecule has 0 rings (SSSR count). The van der Waals surface area contributed by atoms with E-state index in [2.05, 4.69) is 6.92 Å². The summed E-state index contributed by atoms with van der Waals surface area (Å²) in [5, 5.41) is 6.91. The highest BCUT2D eigenvalue weighted by molar-refractivity contribution is 5.89. The summed E-state index contributed by atoms with van der Waals surface area (Å²) in [4.78, 5) is 0. The average molecular weight is 97.2 g/mol. The van der Waals surface area contributed by atoms with Gasteiger partial charge in [-0.3, -0.25) is 0 Å². The van der Waals surface area contributed by atoms with Crippen molar-refractivity contribution in [2.75, 3.05) is 0 Å². The molecule has 0 spiro atoms. The number of nitrogens with one attached hydrogen (secondary N) is 1. The van der Waals surface area contributed by atoms with Gasteiger partial charge in [-0.1, -0.05) is 13.0 Å². The van der Waals surface area contributed by atoms with Gasteiger partial charge in [-0.05, 0) is 19.4 Å². The second-order valence-electron chi connectivity index (χ2n) is 1.49. The van der Waals surface area contributed by atoms with Crippen molar-refractivity contribution in [2.45, 2.75) is 20.3 Å². The van der Waals surface area contributed by atoms with E-state index < -0.39 is 0 Å². The lowest BCUT2D eigenvalue weighted by atomic mass is 10.3. The maximum atomic E-state index is 6.91. The zero-order valence-corrected chi connectivity index (χ0v) is 4.86. The third-order valence-electron chi connectivity index (χ3n) is 0.604. The van der Waals surface area contributed by atoms with Gasteiger partial charge in [0.1, 0.15) is 0 Å². The van der Waals surface area contributed by atoms with Gasteiger partial charge in [0, 0.05) is 5.71 Å². The third-order valence-corrected chi connectivity index (χ3v) is 0.604. The Morgan fingerprint density at radius 3 is 2.43 bits per heavy atom. The molecular weight excluding hydrogens is 86.1 g/mol. The molecule has 0 atom stereocenters. The van der Waals surface area contributed by atoms with Crippen LogP contribution in [0, 0.1) is 5.41 Å². The molecule has 0 aromatic heterocycles. The predicted molar refractivity (Wildman–Crippen MR) is 32.8 cm³/mol. The van der Waals surface area contributed by atoms with Crippen molar-refractivity contribution in [3.63, 3.8) is 0 Å². The van der Waals surface area contributed by atoms with Gasteiger partial charge in [0.25, 0.3) is 0 Å². The highest BCUT2D eigenvalue weighted by atomic mass is 14.4. The molecule has 7 heavy (non-hydrogen) atoms. The SMILES string of the molecule is CC/C=C/C(C)=N. The highest BCUT2D eigenvalue weighted by Crippen LogP contribution is 1.79. The first-order chi connectivity index (χ1) is 3.27. The lowest BCUT2D eigenvalue weighted by molar-refractivity contribution is 1.22. The Hall–Kier alpha value is -0.590. The largest absolute Gasteiger partial charge is 0.306 e. The van der Waals surface area contributed by atoms with Crippen LogP contribution in [0.1, 0.15) is 20.3 Å². The quantitative estimate of drug-likeness (QED) is 0.509. The molecule has 0 heterocycles. The second-order valence-corrected chi connectivity index (χ2v) is 1.49. The van der Waals surface area contributed by atoms with Gasteiger partial charge in [-0.25, -0.2) is 0 Å². The summed E-state index contributed by atoms with van der Waals surface area (Å²) in [6.45, 7) is 3.82. The summed E-state index contributed by atoms with van der Waals surface area (Å²) in [6.07, 6.45) is 4.80. The van der Waals surface area contributed by atoms with Crippen molar-refractivity contribution >= 4 is 5.71 Å². The van der Waals surface area contributed by atoms with E-state index in [-0.39, 0.29) is 0 Å². The molecule has 0 saturated carbocycles. The van der Waals surface area contributed by atoms with Gasteiger partial charge < -0.3 is 5.41 Å². The number of rotatable bonds is 2. The molecule has 0 aliphatic heterocycles. The Morgan fingerprint density at radius 2 is 2.29 bits per heavy atom. The van der Waals surface area contributed by atoms with Gasteiger partial charge in [-0.2, -0.15) is 0 Å². The van der Waals surface area contributed by atoms with Crippen molar-refractivity contribution in [3.8, 4) is 0 Å². The first-order valence-corrected chi connectivity index (χ1v) is 2.49. The van der Waals surface area contributed by atoms with E-state index in [9.17, 15) is 0 Å². The van der Waals surface area contributed by atoms with Gasteiger partial charge in [-0.15, -0.1) is 0 Å². The summed E-state index contributed by atoms with van der Waals surface area (Å²) >= 11 is 0. The zero-order chi connectivity index (χ0) is 5.70. The molecule has 0 aromatic carbocycles. The van der Waals surface area contributed by atoms with Crippen LogP contribution in [-0.4, -0.2) is 5.71 Å². The van der Waals surface area contributed by atoms with Gasteiger partial charge in [0.15, 0.2) is 0 Å². The monoisotopic (exact) mass is 97.1 g/mol. The molecule has 0 radical (unpaired) electrons. The van der Waals surface area contributed by atoms with Crippen LogP contribution in [-0.2, 0) is 0 Å². The van der Waals surface area contributed by atoms with Gasteiger partial charge >= 0.3 is 0 Å². The topological polar surface area (TPSA) is 23.9 Å². The Bertz CT molecular complexity index is 82.2. The molecule has 0 amide bonds. The third kappa shape index (κ3) is 5.41. The minimum Gasteiger partial charge on any atom is -0.306 e. The van der Waals surface area contributed by atoms with E-state index in [1.165, 1.54) is 0 Å². The summed E-state index contributed by atoms with van der Waals surface area (Å²) in [7, 11) is 0. The molecule has 0 aliphatic carbocycles. The second kappa shape index (κ2) is 3.59. The summed E-state index contributed by atoms with van der Waals surface area (Å²) in [6, 6.07) is 0. The summed E-state index contributed by atoms with van der Waals surface area (Å²) in [5.41, 5.74) is 0.627. The Morgan fingerprint density at radius 1 is 1.71 bits per heavy atom. The van der Waals surface area contributed by atoms with Crippen molar-refractivity contribution in [1.29, 1.82) is 5.41 Å². The van der Waals surface area contributed by atoms with Crippen LogP contribution < -0.4 is 0 Å². The molecule has 0 saturated heterocycles. The molecule has 40 valence electrons. The fourth-order valence-corrected chi connectivity index (χ4v) is 0.295. The molecule has 0 unspecified atom stereocenters. The van der Waals surface area contributed by atoms with E-state index in [4.69, 9.17) is 5.41 Å². The van der Waals surface area contributed by atoms with Crippen molar-refractivity contribution in [2.24, 2.45) is 0 Å². The van der Waals surface area contributed by atoms with Crippen molar-refractivity contribution in [3.05, 3.63) is 12.2 Å². The Labute approximate surface area is 44.6 Å². The first kappa shape index (κ1) is 6.41. The molecule has 1 heteroatoms. The van der Waals surface area contributed by atoms with Crippen LogP contribution >= 0.6 is 0 Å². The number of hydrogen-bond donors (Lipinski definition) is 1. The molecular formula is C6H11N. The summed E-state index contributed by atoms with van der Waals surface area (Å²) in [5.74, 6) is 0. The number of hydrogen-bond acceptors (Lipinski definition) is 1. The van der Waals surface area contributed by atoms with Crippen LogP contribution in [0.2, 0.25) is 0 Å². The van der Waals surface area contributed by atoms with Crippen LogP contribution in [0.15, 0.2) is 12.2 Å². The summed E-state index contributed by atoms with van der Waals surface area (Å²) < 4.78 is 0. The molecule has 0 bridgehead atoms. The fraction of sp³-hybridized carbons (Fsp3) is 0.500. The maximum absolute atomic E-state index is 6.91. The lowest BCUT2D eigenvalue weighted by Gasteiger charge is -1.77. The molecule has 0 aliphatic rings. The van der Waals surface area contributed by atoms with Crippen molar-refractivity contribution in [1.82, 2.24) is 0 Å². The zero-order valence-electron chi connectivity index (χ0n) is 4.86. The smallest absolute Gasteiger partial charge is 0.0279 e.